The Morgan fingerprint density at radius 2 is 1.94 bits per heavy atom. The van der Waals surface area contributed by atoms with Crippen molar-refractivity contribution in [2.24, 2.45) is 0 Å². The van der Waals surface area contributed by atoms with Gasteiger partial charge < -0.3 is 15.4 Å². The Balaban J connectivity index is 2.46. The van der Waals surface area contributed by atoms with Crippen molar-refractivity contribution in [3.05, 3.63) is 29.8 Å². The van der Waals surface area contributed by atoms with Crippen molar-refractivity contribution in [1.82, 2.24) is 10.6 Å². The molecular formula is C12H16N2O3. The molecule has 2 amide bonds. The van der Waals surface area contributed by atoms with Crippen LogP contribution in [0.1, 0.15) is 5.56 Å². The molecule has 0 fully saturated rings. The zero-order valence-electron chi connectivity index (χ0n) is 9.95. The van der Waals surface area contributed by atoms with Gasteiger partial charge >= 0.3 is 11.8 Å². The summed E-state index contributed by atoms with van der Waals surface area (Å²) < 4.78 is 5.18. The molecule has 92 valence electrons. The predicted octanol–water partition coefficient (Wildman–Crippen LogP) is 0.0999. The van der Waals surface area contributed by atoms with Gasteiger partial charge in [0.1, 0.15) is 5.75 Å². The van der Waals surface area contributed by atoms with Crippen LogP contribution in [0.5, 0.6) is 5.75 Å². The van der Waals surface area contributed by atoms with Gasteiger partial charge in [-0.2, -0.15) is 0 Å². The zero-order valence-corrected chi connectivity index (χ0v) is 9.95. The average Bonchev–Trinajstić information content (AvgIpc) is 2.38. The molecule has 2 N–H and O–H groups in total. The van der Waals surface area contributed by atoms with Gasteiger partial charge in [0, 0.05) is 13.6 Å². The Kier molecular flexibility index (Phi) is 5.00. The number of nitrogens with one attached hydrogen (secondary N) is 2. The molecule has 0 spiro atoms. The van der Waals surface area contributed by atoms with Crippen molar-refractivity contribution in [2.75, 3.05) is 20.7 Å². The van der Waals surface area contributed by atoms with Crippen LogP contribution in [0.25, 0.3) is 0 Å². The van der Waals surface area contributed by atoms with Crippen LogP contribution < -0.4 is 15.4 Å². The fraction of sp³-hybridized carbons (Fsp3) is 0.333. The van der Waals surface area contributed by atoms with Crippen LogP contribution in [-0.4, -0.2) is 32.5 Å². The number of methoxy groups -OCH3 is 1. The minimum atomic E-state index is -0.634. The first-order chi connectivity index (χ1) is 8.19. The van der Waals surface area contributed by atoms with Gasteiger partial charge in [0.05, 0.1) is 7.11 Å². The highest BCUT2D eigenvalue weighted by Crippen LogP contribution is 2.16. The Hall–Kier alpha value is -2.04. The number of hydrogen-bond donors (Lipinski definition) is 2. The van der Waals surface area contributed by atoms with E-state index in [2.05, 4.69) is 10.6 Å². The van der Waals surface area contributed by atoms with E-state index >= 15 is 0 Å². The summed E-state index contributed by atoms with van der Waals surface area (Å²) in [6, 6.07) is 7.56. The van der Waals surface area contributed by atoms with Crippen molar-refractivity contribution < 1.29 is 14.3 Å². The minimum Gasteiger partial charge on any atom is -0.496 e. The van der Waals surface area contributed by atoms with Crippen LogP contribution >= 0.6 is 0 Å². The van der Waals surface area contributed by atoms with E-state index in [1.165, 1.54) is 7.05 Å². The summed E-state index contributed by atoms with van der Waals surface area (Å²) in [5.74, 6) is -0.478. The highest BCUT2D eigenvalue weighted by atomic mass is 16.5. The van der Waals surface area contributed by atoms with E-state index in [9.17, 15) is 9.59 Å². The van der Waals surface area contributed by atoms with Gasteiger partial charge in [-0.3, -0.25) is 9.59 Å². The lowest BCUT2D eigenvalue weighted by atomic mass is 10.1. The third-order valence-corrected chi connectivity index (χ3v) is 2.31. The normalized spacial score (nSPS) is 9.53. The van der Waals surface area contributed by atoms with E-state index in [0.717, 1.165) is 11.3 Å². The molecule has 1 aromatic rings. The standard InChI is InChI=1S/C12H16N2O3/c1-13-11(15)12(16)14-8-7-9-5-3-4-6-10(9)17-2/h3-6H,7-8H2,1-2H3,(H,13,15)(H,14,16). The second-order valence-corrected chi connectivity index (χ2v) is 3.40. The Bertz CT molecular complexity index is 404. The number of amides is 2. The summed E-state index contributed by atoms with van der Waals surface area (Å²) in [4.78, 5) is 22.1. The van der Waals surface area contributed by atoms with Crippen LogP contribution in [0.3, 0.4) is 0 Å². The smallest absolute Gasteiger partial charge is 0.309 e. The Morgan fingerprint density at radius 1 is 1.24 bits per heavy atom. The van der Waals surface area contributed by atoms with Crippen LogP contribution in [0.15, 0.2) is 24.3 Å². The van der Waals surface area contributed by atoms with Crippen molar-refractivity contribution in [3.63, 3.8) is 0 Å². The van der Waals surface area contributed by atoms with Gasteiger partial charge in [-0.1, -0.05) is 18.2 Å². The molecule has 0 aliphatic heterocycles. The lowest BCUT2D eigenvalue weighted by Crippen LogP contribution is -2.38. The highest BCUT2D eigenvalue weighted by Gasteiger charge is 2.10. The second-order valence-electron chi connectivity index (χ2n) is 3.40. The van der Waals surface area contributed by atoms with Crippen molar-refractivity contribution in [2.45, 2.75) is 6.42 Å². The summed E-state index contributed by atoms with van der Waals surface area (Å²) in [6.45, 7) is 0.395. The third kappa shape index (κ3) is 3.79. The first-order valence-corrected chi connectivity index (χ1v) is 5.31. The van der Waals surface area contributed by atoms with Crippen molar-refractivity contribution in [1.29, 1.82) is 0 Å². The van der Waals surface area contributed by atoms with Crippen LogP contribution in [0.4, 0.5) is 0 Å². The fourth-order valence-corrected chi connectivity index (χ4v) is 1.41. The van der Waals surface area contributed by atoms with Gasteiger partial charge in [-0.05, 0) is 18.1 Å². The molecule has 17 heavy (non-hydrogen) atoms. The quantitative estimate of drug-likeness (QED) is 0.729. The molecule has 0 bridgehead atoms. The van der Waals surface area contributed by atoms with Crippen LogP contribution in [0, 0.1) is 0 Å². The fourth-order valence-electron chi connectivity index (χ4n) is 1.41. The van der Waals surface area contributed by atoms with Crippen molar-refractivity contribution >= 4 is 11.8 Å². The SMILES string of the molecule is CNC(=O)C(=O)NCCc1ccccc1OC. The van der Waals surface area contributed by atoms with Gasteiger partial charge in [0.2, 0.25) is 0 Å². The lowest BCUT2D eigenvalue weighted by Gasteiger charge is -2.08. The molecule has 0 radical (unpaired) electrons. The molecule has 0 heterocycles. The maximum absolute atomic E-state index is 11.2. The third-order valence-electron chi connectivity index (χ3n) is 2.31. The van der Waals surface area contributed by atoms with Crippen LogP contribution in [0.2, 0.25) is 0 Å². The van der Waals surface area contributed by atoms with Crippen molar-refractivity contribution in [3.8, 4) is 5.75 Å². The molecule has 0 unspecified atom stereocenters. The number of likely N-dealkylation sites (N-methyl/N-ethyl adjacent to an activating group) is 1. The van der Waals surface area contributed by atoms with E-state index in [1.54, 1.807) is 7.11 Å². The molecule has 0 saturated carbocycles. The first kappa shape index (κ1) is 13.0. The number of ether oxygens (including phenoxy) is 1. The second kappa shape index (κ2) is 6.52. The summed E-state index contributed by atoms with van der Waals surface area (Å²) in [5.41, 5.74) is 0.993. The molecule has 0 atom stereocenters. The summed E-state index contributed by atoms with van der Waals surface area (Å²) >= 11 is 0. The summed E-state index contributed by atoms with van der Waals surface area (Å²) in [6.07, 6.45) is 0.618. The predicted molar refractivity (Wildman–Crippen MR) is 63.8 cm³/mol. The van der Waals surface area contributed by atoms with Gasteiger partial charge in [0.15, 0.2) is 0 Å². The van der Waals surface area contributed by atoms with E-state index in [0.29, 0.717) is 13.0 Å². The van der Waals surface area contributed by atoms with Gasteiger partial charge in [0.25, 0.3) is 0 Å². The maximum Gasteiger partial charge on any atom is 0.309 e. The molecule has 1 rings (SSSR count). The highest BCUT2D eigenvalue weighted by molar-refractivity contribution is 6.34. The zero-order chi connectivity index (χ0) is 12.7. The number of rotatable bonds is 4. The molecule has 5 heteroatoms. The number of carbonyl (C=O) groups excluding carboxylic acids is 2. The summed E-state index contributed by atoms with van der Waals surface area (Å²) in [7, 11) is 3.02. The van der Waals surface area contributed by atoms with Crippen LogP contribution in [-0.2, 0) is 16.0 Å². The Labute approximate surface area is 100 Å². The van der Waals surface area contributed by atoms with Gasteiger partial charge in [-0.25, -0.2) is 0 Å². The van der Waals surface area contributed by atoms with E-state index < -0.39 is 11.8 Å². The number of para-hydroxylation sites is 1. The largest absolute Gasteiger partial charge is 0.496 e. The molecular weight excluding hydrogens is 220 g/mol. The molecule has 5 nitrogen and oxygen atoms in total. The number of benzene rings is 1. The summed E-state index contributed by atoms with van der Waals surface area (Å²) in [5, 5.41) is 4.79. The minimum absolute atomic E-state index is 0.395. The average molecular weight is 236 g/mol. The van der Waals surface area contributed by atoms with E-state index in [-0.39, 0.29) is 0 Å². The molecule has 1 aromatic carbocycles. The molecule has 0 aliphatic rings. The molecule has 0 aromatic heterocycles. The topological polar surface area (TPSA) is 67.4 Å². The van der Waals surface area contributed by atoms with E-state index in [1.807, 2.05) is 24.3 Å². The molecule has 0 saturated heterocycles. The van der Waals surface area contributed by atoms with E-state index in [4.69, 9.17) is 4.74 Å². The first-order valence-electron chi connectivity index (χ1n) is 5.31. The van der Waals surface area contributed by atoms with Gasteiger partial charge in [-0.15, -0.1) is 0 Å². The maximum atomic E-state index is 11.2. The monoisotopic (exact) mass is 236 g/mol. The Morgan fingerprint density at radius 3 is 2.59 bits per heavy atom. The molecule has 0 aliphatic carbocycles. The number of hydrogen-bond acceptors (Lipinski definition) is 3. The number of carbonyl (C=O) groups is 2. The lowest BCUT2D eigenvalue weighted by molar-refractivity contribution is -0.138.